The molecule has 0 saturated heterocycles. The molecule has 0 aliphatic carbocycles. The van der Waals surface area contributed by atoms with E-state index in [-0.39, 0.29) is 28.0 Å². The van der Waals surface area contributed by atoms with Gasteiger partial charge in [-0.3, -0.25) is 9.52 Å². The molecule has 0 unspecified atom stereocenters. The smallest absolute Gasteiger partial charge is 0.272 e. The third kappa shape index (κ3) is 5.84. The number of carbonyl (C=O) groups excluding carboxylic acids is 1. The second kappa shape index (κ2) is 10.1. The number of hydrogen-bond donors (Lipinski definition) is 2. The average molecular weight is 558 g/mol. The van der Waals surface area contributed by atoms with Gasteiger partial charge >= 0.3 is 0 Å². The summed E-state index contributed by atoms with van der Waals surface area (Å²) in [7, 11) is -0.447. The molecule has 2 aromatic carbocycles. The van der Waals surface area contributed by atoms with E-state index in [0.717, 1.165) is 17.2 Å². The summed E-state index contributed by atoms with van der Waals surface area (Å²) in [4.78, 5) is 21.5. The van der Waals surface area contributed by atoms with E-state index in [9.17, 15) is 13.2 Å². The third-order valence-electron chi connectivity index (χ3n) is 5.77. The predicted molar refractivity (Wildman–Crippen MR) is 148 cm³/mol. The van der Waals surface area contributed by atoms with Crippen molar-refractivity contribution in [1.82, 2.24) is 14.5 Å². The van der Waals surface area contributed by atoms with Crippen LogP contribution in [-0.4, -0.2) is 42.2 Å². The summed E-state index contributed by atoms with van der Waals surface area (Å²) in [6.07, 6.45) is 2.54. The van der Waals surface area contributed by atoms with Crippen molar-refractivity contribution in [2.24, 2.45) is 7.05 Å². The SMILES string of the molecule is COc1c(NC(=O)c2cc3cccc(Oc4ccnc(Cl)n4)c3n2C)cc(C(C)(C)C)cc1NS(C)(=O)=O. The number of benzene rings is 2. The predicted octanol–water partition coefficient (Wildman–Crippen LogP) is 5.34. The molecule has 4 aromatic rings. The molecule has 0 bridgehead atoms. The Morgan fingerprint density at radius 3 is 2.45 bits per heavy atom. The van der Waals surface area contributed by atoms with Crippen molar-refractivity contribution in [3.8, 4) is 17.4 Å². The number of fused-ring (bicyclic) bond motifs is 1. The molecule has 0 fully saturated rings. The number of methoxy groups -OCH3 is 1. The molecular formula is C26H28ClN5O5S. The van der Waals surface area contributed by atoms with Gasteiger partial charge < -0.3 is 19.4 Å². The molecule has 1 amide bonds. The summed E-state index contributed by atoms with van der Waals surface area (Å²) in [6.45, 7) is 5.96. The number of aromatic nitrogens is 3. The van der Waals surface area contributed by atoms with Crippen molar-refractivity contribution in [3.05, 3.63) is 65.2 Å². The lowest BCUT2D eigenvalue weighted by Gasteiger charge is -2.24. The Balaban J connectivity index is 1.76. The van der Waals surface area contributed by atoms with Gasteiger partial charge in [-0.05, 0) is 46.8 Å². The van der Waals surface area contributed by atoms with E-state index in [2.05, 4.69) is 20.0 Å². The first kappa shape index (κ1) is 27.2. The van der Waals surface area contributed by atoms with Crippen LogP contribution in [0.5, 0.6) is 17.4 Å². The summed E-state index contributed by atoms with van der Waals surface area (Å²) >= 11 is 5.89. The Bertz CT molecular complexity index is 1640. The van der Waals surface area contributed by atoms with Gasteiger partial charge in [0.1, 0.15) is 5.69 Å². The minimum Gasteiger partial charge on any atom is -0.492 e. The fraction of sp³-hybridized carbons (Fsp3) is 0.269. The van der Waals surface area contributed by atoms with Crippen LogP contribution in [0.4, 0.5) is 11.4 Å². The van der Waals surface area contributed by atoms with Gasteiger partial charge in [0, 0.05) is 24.7 Å². The minimum absolute atomic E-state index is 0.0535. The van der Waals surface area contributed by atoms with Crippen LogP contribution in [0.25, 0.3) is 10.9 Å². The number of hydrogen-bond acceptors (Lipinski definition) is 7. The number of nitrogens with zero attached hydrogens (tertiary/aromatic N) is 3. The van der Waals surface area contributed by atoms with Crippen molar-refractivity contribution < 1.29 is 22.7 Å². The first-order chi connectivity index (χ1) is 17.8. The molecule has 0 atom stereocenters. The van der Waals surface area contributed by atoms with Crippen molar-refractivity contribution in [2.75, 3.05) is 23.4 Å². The van der Waals surface area contributed by atoms with Crippen LogP contribution in [0.15, 0.2) is 48.7 Å². The lowest BCUT2D eigenvalue weighted by molar-refractivity contribution is 0.101. The fourth-order valence-corrected chi connectivity index (χ4v) is 4.70. The number of anilines is 2. The Hall–Kier alpha value is -3.83. The first-order valence-corrected chi connectivity index (χ1v) is 13.8. The highest BCUT2D eigenvalue weighted by molar-refractivity contribution is 7.92. The highest BCUT2D eigenvalue weighted by atomic mass is 35.5. The number of amides is 1. The number of para-hydroxylation sites is 1. The largest absolute Gasteiger partial charge is 0.492 e. The topological polar surface area (TPSA) is 124 Å². The van der Waals surface area contributed by atoms with Gasteiger partial charge in [-0.1, -0.05) is 32.9 Å². The number of carbonyl (C=O) groups is 1. The van der Waals surface area contributed by atoms with Gasteiger partial charge in [-0.25, -0.2) is 13.4 Å². The number of ether oxygens (including phenoxy) is 2. The molecule has 2 heterocycles. The Labute approximate surface area is 226 Å². The minimum atomic E-state index is -3.60. The van der Waals surface area contributed by atoms with Crippen LogP contribution in [0.2, 0.25) is 5.28 Å². The maximum atomic E-state index is 13.5. The molecule has 10 nitrogen and oxygen atoms in total. The molecule has 0 aliphatic heterocycles. The van der Waals surface area contributed by atoms with Gasteiger partial charge in [0.05, 0.1) is 30.3 Å². The molecule has 200 valence electrons. The Kier molecular flexibility index (Phi) is 7.26. The maximum absolute atomic E-state index is 13.5. The van der Waals surface area contributed by atoms with Crippen LogP contribution >= 0.6 is 11.6 Å². The van der Waals surface area contributed by atoms with E-state index in [1.54, 1.807) is 48.0 Å². The summed E-state index contributed by atoms with van der Waals surface area (Å²) < 4.78 is 39.7. The fourth-order valence-electron chi connectivity index (χ4n) is 4.01. The molecule has 38 heavy (non-hydrogen) atoms. The third-order valence-corrected chi connectivity index (χ3v) is 6.54. The van der Waals surface area contributed by atoms with Crippen LogP contribution in [0.1, 0.15) is 36.8 Å². The zero-order valence-electron chi connectivity index (χ0n) is 21.8. The zero-order valence-corrected chi connectivity index (χ0v) is 23.4. The second-order valence-corrected chi connectivity index (χ2v) is 11.8. The van der Waals surface area contributed by atoms with Crippen molar-refractivity contribution in [1.29, 1.82) is 0 Å². The lowest BCUT2D eigenvalue weighted by atomic mass is 9.86. The number of nitrogens with one attached hydrogen (secondary N) is 2. The Morgan fingerprint density at radius 1 is 1.11 bits per heavy atom. The van der Waals surface area contributed by atoms with Gasteiger partial charge in [0.15, 0.2) is 11.5 Å². The van der Waals surface area contributed by atoms with Gasteiger partial charge in [0.25, 0.3) is 5.91 Å². The highest BCUT2D eigenvalue weighted by Gasteiger charge is 2.24. The monoisotopic (exact) mass is 557 g/mol. The summed E-state index contributed by atoms with van der Waals surface area (Å²) in [5.74, 6) is 0.514. The number of aryl methyl sites for hydroxylation is 1. The van der Waals surface area contributed by atoms with Crippen LogP contribution in [-0.2, 0) is 22.5 Å². The van der Waals surface area contributed by atoms with E-state index in [0.29, 0.717) is 22.6 Å². The highest BCUT2D eigenvalue weighted by Crippen LogP contribution is 2.39. The van der Waals surface area contributed by atoms with Crippen molar-refractivity contribution in [2.45, 2.75) is 26.2 Å². The molecular weight excluding hydrogens is 530 g/mol. The van der Waals surface area contributed by atoms with E-state index in [1.807, 2.05) is 26.8 Å². The molecule has 12 heteroatoms. The van der Waals surface area contributed by atoms with Crippen LogP contribution < -0.4 is 19.5 Å². The normalized spacial score (nSPS) is 11.9. The average Bonchev–Trinajstić information content (AvgIpc) is 3.15. The molecule has 2 aromatic heterocycles. The van der Waals surface area contributed by atoms with Crippen LogP contribution in [0, 0.1) is 0 Å². The summed E-state index contributed by atoms with van der Waals surface area (Å²) in [5, 5.41) is 3.72. The number of sulfonamides is 1. The van der Waals surface area contributed by atoms with E-state index in [1.165, 1.54) is 13.3 Å². The van der Waals surface area contributed by atoms with Crippen molar-refractivity contribution >= 4 is 49.8 Å². The molecule has 4 rings (SSSR count). The van der Waals surface area contributed by atoms with Crippen molar-refractivity contribution in [3.63, 3.8) is 0 Å². The van der Waals surface area contributed by atoms with E-state index in [4.69, 9.17) is 21.1 Å². The molecule has 0 spiro atoms. The van der Waals surface area contributed by atoms with Gasteiger partial charge in [0.2, 0.25) is 21.2 Å². The number of rotatable bonds is 7. The van der Waals surface area contributed by atoms with Gasteiger partial charge in [-0.2, -0.15) is 4.98 Å². The lowest BCUT2D eigenvalue weighted by Crippen LogP contribution is -2.19. The van der Waals surface area contributed by atoms with E-state index < -0.39 is 15.9 Å². The standard InChI is InChI=1S/C26H28ClN5O5S/c1-26(2,3)16-13-17(23(36-5)18(14-16)31-38(6,34)35)29-24(33)19-12-15-8-7-9-20(22(15)32(19)4)37-21-10-11-28-25(27)30-21/h7-14,31H,1-6H3,(H,29,33). The van der Waals surface area contributed by atoms with Crippen LogP contribution in [0.3, 0.4) is 0 Å². The second-order valence-electron chi connectivity index (χ2n) is 9.73. The van der Waals surface area contributed by atoms with Gasteiger partial charge in [-0.15, -0.1) is 0 Å². The molecule has 0 aliphatic rings. The zero-order chi connectivity index (χ0) is 27.8. The molecule has 2 N–H and O–H groups in total. The number of halogens is 1. The van der Waals surface area contributed by atoms with E-state index >= 15 is 0 Å². The molecule has 0 radical (unpaired) electrons. The first-order valence-electron chi connectivity index (χ1n) is 11.5. The maximum Gasteiger partial charge on any atom is 0.272 e. The molecule has 0 saturated carbocycles. The summed E-state index contributed by atoms with van der Waals surface area (Å²) in [5.41, 5.74) is 2.04. The summed E-state index contributed by atoms with van der Waals surface area (Å²) in [6, 6.07) is 12.2. The quantitative estimate of drug-likeness (QED) is 0.294. The Morgan fingerprint density at radius 2 is 1.82 bits per heavy atom.